The van der Waals surface area contributed by atoms with Crippen LogP contribution in [0.25, 0.3) is 0 Å². The summed E-state index contributed by atoms with van der Waals surface area (Å²) >= 11 is 0. The Labute approximate surface area is 121 Å². The van der Waals surface area contributed by atoms with Crippen molar-refractivity contribution in [2.75, 3.05) is 0 Å². The van der Waals surface area contributed by atoms with Crippen LogP contribution in [0.4, 0.5) is 0 Å². The third kappa shape index (κ3) is 3.45. The minimum atomic E-state index is -1.56. The third-order valence-electron chi connectivity index (χ3n) is 4.09. The molecule has 0 amide bonds. The number of rotatable bonds is 6. The van der Waals surface area contributed by atoms with Gasteiger partial charge in [-0.25, -0.2) is 0 Å². The molecule has 0 aliphatic heterocycles. The standard InChI is InChI=1S/C16H26N2O2/c1-14(2,16(18,20)15(3,4)17)11-10-13(19)12-8-6-5-7-9-12/h5-9,20H,10-11,17-18H2,1-4H3. The number of Topliss-reactive ketones (excluding diaryl/α,β-unsaturated/α-hetero) is 1. The van der Waals surface area contributed by atoms with Crippen molar-refractivity contribution in [1.82, 2.24) is 0 Å². The van der Waals surface area contributed by atoms with Crippen molar-refractivity contribution in [2.45, 2.75) is 51.8 Å². The lowest BCUT2D eigenvalue weighted by Gasteiger charge is -2.48. The minimum absolute atomic E-state index is 0.0457. The lowest BCUT2D eigenvalue weighted by Crippen LogP contribution is -2.69. The topological polar surface area (TPSA) is 89.3 Å². The van der Waals surface area contributed by atoms with Crippen LogP contribution in [-0.4, -0.2) is 22.2 Å². The number of ketones is 1. The molecule has 5 N–H and O–H groups in total. The van der Waals surface area contributed by atoms with Crippen LogP contribution in [-0.2, 0) is 0 Å². The molecule has 0 spiro atoms. The number of benzene rings is 1. The van der Waals surface area contributed by atoms with Gasteiger partial charge < -0.3 is 16.6 Å². The molecule has 0 aliphatic carbocycles. The van der Waals surface area contributed by atoms with Crippen molar-refractivity contribution in [3.8, 4) is 0 Å². The Morgan fingerprint density at radius 2 is 1.60 bits per heavy atom. The molecule has 0 radical (unpaired) electrons. The van der Waals surface area contributed by atoms with Crippen LogP contribution in [0.5, 0.6) is 0 Å². The van der Waals surface area contributed by atoms with Gasteiger partial charge in [-0.1, -0.05) is 44.2 Å². The summed E-state index contributed by atoms with van der Waals surface area (Å²) in [6, 6.07) is 9.12. The molecular formula is C16H26N2O2. The Hall–Kier alpha value is -1.23. The lowest BCUT2D eigenvalue weighted by molar-refractivity contribution is -0.113. The summed E-state index contributed by atoms with van der Waals surface area (Å²) in [6.45, 7) is 7.04. The van der Waals surface area contributed by atoms with Crippen LogP contribution < -0.4 is 11.5 Å². The Balaban J connectivity index is 2.76. The van der Waals surface area contributed by atoms with Crippen molar-refractivity contribution >= 4 is 5.78 Å². The van der Waals surface area contributed by atoms with Gasteiger partial charge in [-0.3, -0.25) is 4.79 Å². The van der Waals surface area contributed by atoms with Gasteiger partial charge in [0.25, 0.3) is 0 Å². The smallest absolute Gasteiger partial charge is 0.162 e. The Morgan fingerprint density at radius 3 is 2.05 bits per heavy atom. The molecule has 0 bridgehead atoms. The summed E-state index contributed by atoms with van der Waals surface area (Å²) in [6.07, 6.45) is 0.793. The molecule has 0 heterocycles. The Kier molecular flexibility index (Phi) is 4.74. The molecule has 4 heteroatoms. The van der Waals surface area contributed by atoms with E-state index >= 15 is 0 Å². The fourth-order valence-electron chi connectivity index (χ4n) is 2.26. The van der Waals surface area contributed by atoms with Crippen LogP contribution >= 0.6 is 0 Å². The Bertz CT molecular complexity index is 459. The molecular weight excluding hydrogens is 252 g/mol. The molecule has 1 unspecified atom stereocenters. The molecule has 1 atom stereocenters. The number of aliphatic hydroxyl groups is 1. The van der Waals surface area contributed by atoms with E-state index in [9.17, 15) is 9.90 Å². The van der Waals surface area contributed by atoms with Gasteiger partial charge in [0.15, 0.2) is 5.78 Å². The zero-order valence-corrected chi connectivity index (χ0v) is 12.8. The first-order valence-corrected chi connectivity index (χ1v) is 6.87. The van der Waals surface area contributed by atoms with Gasteiger partial charge in [-0.2, -0.15) is 0 Å². The molecule has 20 heavy (non-hydrogen) atoms. The fraction of sp³-hybridized carbons (Fsp3) is 0.562. The zero-order chi connectivity index (χ0) is 15.6. The van der Waals surface area contributed by atoms with E-state index in [0.29, 0.717) is 18.4 Å². The van der Waals surface area contributed by atoms with Crippen LogP contribution in [0, 0.1) is 5.41 Å². The highest BCUT2D eigenvalue weighted by atomic mass is 16.3. The quantitative estimate of drug-likeness (QED) is 0.549. The number of hydrogen-bond acceptors (Lipinski definition) is 4. The van der Waals surface area contributed by atoms with Crippen LogP contribution in [0.3, 0.4) is 0 Å². The summed E-state index contributed by atoms with van der Waals surface area (Å²) in [7, 11) is 0. The van der Waals surface area contributed by atoms with Gasteiger partial charge in [0.1, 0.15) is 5.72 Å². The van der Waals surface area contributed by atoms with Gasteiger partial charge in [-0.05, 0) is 20.3 Å². The predicted molar refractivity (Wildman–Crippen MR) is 81.2 cm³/mol. The molecule has 0 saturated heterocycles. The highest BCUT2D eigenvalue weighted by Crippen LogP contribution is 2.38. The normalized spacial score (nSPS) is 15.8. The maximum Gasteiger partial charge on any atom is 0.162 e. The van der Waals surface area contributed by atoms with Gasteiger partial charge in [0.05, 0.1) is 5.54 Å². The van der Waals surface area contributed by atoms with E-state index in [2.05, 4.69) is 0 Å². The van der Waals surface area contributed by atoms with Crippen LogP contribution in [0.2, 0.25) is 0 Å². The summed E-state index contributed by atoms with van der Waals surface area (Å²) in [4.78, 5) is 12.1. The van der Waals surface area contributed by atoms with E-state index in [1.807, 2.05) is 32.0 Å². The largest absolute Gasteiger partial charge is 0.374 e. The predicted octanol–water partition coefficient (Wildman–Crippen LogP) is 2.06. The van der Waals surface area contributed by atoms with E-state index < -0.39 is 16.7 Å². The monoisotopic (exact) mass is 278 g/mol. The van der Waals surface area contributed by atoms with Gasteiger partial charge in [0.2, 0.25) is 0 Å². The second kappa shape index (κ2) is 5.64. The highest BCUT2D eigenvalue weighted by molar-refractivity contribution is 5.95. The van der Waals surface area contributed by atoms with Crippen molar-refractivity contribution in [3.05, 3.63) is 35.9 Å². The highest BCUT2D eigenvalue weighted by Gasteiger charge is 2.49. The third-order valence-corrected chi connectivity index (χ3v) is 4.09. The molecule has 1 aromatic carbocycles. The lowest BCUT2D eigenvalue weighted by atomic mass is 9.69. The van der Waals surface area contributed by atoms with Crippen molar-refractivity contribution in [1.29, 1.82) is 0 Å². The molecule has 0 saturated carbocycles. The van der Waals surface area contributed by atoms with Gasteiger partial charge >= 0.3 is 0 Å². The SMILES string of the molecule is CC(C)(N)C(N)(O)C(C)(C)CCC(=O)c1ccccc1. The van der Waals surface area contributed by atoms with E-state index in [-0.39, 0.29) is 5.78 Å². The van der Waals surface area contributed by atoms with E-state index in [0.717, 1.165) is 0 Å². The van der Waals surface area contributed by atoms with Crippen molar-refractivity contribution in [3.63, 3.8) is 0 Å². The number of carbonyl (C=O) groups excluding carboxylic acids is 1. The molecule has 1 aromatic rings. The first-order chi connectivity index (χ1) is 8.99. The van der Waals surface area contributed by atoms with E-state index in [1.54, 1.807) is 26.0 Å². The average Bonchev–Trinajstić information content (AvgIpc) is 2.35. The fourth-order valence-corrected chi connectivity index (χ4v) is 2.26. The maximum atomic E-state index is 12.1. The molecule has 0 fully saturated rings. The summed E-state index contributed by atoms with van der Waals surface area (Å²) in [5.41, 5.74) is 9.47. The molecule has 112 valence electrons. The molecule has 1 rings (SSSR count). The van der Waals surface area contributed by atoms with Gasteiger partial charge in [-0.15, -0.1) is 0 Å². The number of hydrogen-bond donors (Lipinski definition) is 3. The summed E-state index contributed by atoms with van der Waals surface area (Å²) in [5, 5.41) is 10.5. The second-order valence-electron chi connectivity index (χ2n) is 6.66. The van der Waals surface area contributed by atoms with E-state index in [4.69, 9.17) is 11.5 Å². The first kappa shape index (κ1) is 16.8. The number of nitrogens with two attached hydrogens (primary N) is 2. The number of carbonyl (C=O) groups is 1. The van der Waals surface area contributed by atoms with Crippen molar-refractivity contribution in [2.24, 2.45) is 16.9 Å². The average molecular weight is 278 g/mol. The van der Waals surface area contributed by atoms with Crippen molar-refractivity contribution < 1.29 is 9.90 Å². The van der Waals surface area contributed by atoms with Crippen LogP contribution in [0.15, 0.2) is 30.3 Å². The second-order valence-corrected chi connectivity index (χ2v) is 6.66. The molecule has 4 nitrogen and oxygen atoms in total. The Morgan fingerprint density at radius 1 is 1.10 bits per heavy atom. The zero-order valence-electron chi connectivity index (χ0n) is 12.8. The summed E-state index contributed by atoms with van der Waals surface area (Å²) < 4.78 is 0. The summed E-state index contributed by atoms with van der Waals surface area (Å²) in [5.74, 6) is 0.0457. The van der Waals surface area contributed by atoms with Crippen LogP contribution in [0.1, 0.15) is 50.9 Å². The van der Waals surface area contributed by atoms with Gasteiger partial charge in [0, 0.05) is 17.4 Å². The maximum absolute atomic E-state index is 12.1. The molecule has 0 aromatic heterocycles. The molecule has 0 aliphatic rings. The first-order valence-electron chi connectivity index (χ1n) is 6.87. The minimum Gasteiger partial charge on any atom is -0.374 e. The van der Waals surface area contributed by atoms with E-state index in [1.165, 1.54) is 0 Å².